The number of nitrogens with one attached hydrogen (secondary N) is 1. The summed E-state index contributed by atoms with van der Waals surface area (Å²) in [7, 11) is 0. The van der Waals surface area contributed by atoms with Gasteiger partial charge in [-0.05, 0) is 68.5 Å². The maximum atomic E-state index is 14.2. The molecule has 0 radical (unpaired) electrons. The molecule has 1 aliphatic heterocycles. The van der Waals surface area contributed by atoms with E-state index in [0.29, 0.717) is 47.9 Å². The van der Waals surface area contributed by atoms with Gasteiger partial charge in [0.15, 0.2) is 0 Å². The third-order valence-corrected chi connectivity index (χ3v) is 7.93. The van der Waals surface area contributed by atoms with Crippen molar-refractivity contribution in [3.05, 3.63) is 117 Å². The first-order valence-electron chi connectivity index (χ1n) is 14.2. The summed E-state index contributed by atoms with van der Waals surface area (Å²) in [5.74, 6) is -0.00326. The highest BCUT2D eigenvalue weighted by Crippen LogP contribution is 2.29. The molecular weight excluding hydrogens is 484 g/mol. The Bertz CT molecular complexity index is 1470. The van der Waals surface area contributed by atoms with Crippen LogP contribution in [0.5, 0.6) is 0 Å². The molecule has 1 N–H and O–H groups in total. The number of fused-ring (bicyclic) bond motifs is 1. The summed E-state index contributed by atoms with van der Waals surface area (Å²) in [5, 5.41) is 3.63. The average Bonchev–Trinajstić information content (AvgIpc) is 2.98. The summed E-state index contributed by atoms with van der Waals surface area (Å²) >= 11 is 0. The van der Waals surface area contributed by atoms with Crippen molar-refractivity contribution >= 4 is 11.6 Å². The first-order valence-corrected chi connectivity index (χ1v) is 14.2. The molecule has 1 fully saturated rings. The Balaban J connectivity index is 1.61. The Morgan fingerprint density at radius 3 is 2.56 bits per heavy atom. The number of piperidine rings is 1. The van der Waals surface area contributed by atoms with E-state index in [1.165, 1.54) is 12.8 Å². The molecule has 0 saturated carbocycles. The number of rotatable bonds is 9. The van der Waals surface area contributed by atoms with Crippen molar-refractivity contribution in [3.8, 4) is 0 Å². The Morgan fingerprint density at radius 2 is 1.82 bits per heavy atom. The van der Waals surface area contributed by atoms with E-state index < -0.39 is 0 Å². The van der Waals surface area contributed by atoms with Crippen molar-refractivity contribution < 1.29 is 4.79 Å². The molecule has 202 valence electrons. The summed E-state index contributed by atoms with van der Waals surface area (Å²) in [6.45, 7) is 5.70. The zero-order chi connectivity index (χ0) is 27.2. The van der Waals surface area contributed by atoms with Crippen molar-refractivity contribution in [3.63, 3.8) is 0 Å². The van der Waals surface area contributed by atoms with Crippen LogP contribution in [0, 0.1) is 6.92 Å². The highest BCUT2D eigenvalue weighted by atomic mass is 16.2. The fraction of sp³-hybridized carbons (Fsp3) is 0.364. The highest BCUT2D eigenvalue weighted by Gasteiger charge is 2.31. The molecule has 39 heavy (non-hydrogen) atoms. The molecule has 1 aliphatic rings. The van der Waals surface area contributed by atoms with Gasteiger partial charge in [-0.15, -0.1) is 0 Å². The standard InChI is InChI=1S/C33H38N4O2/c1-3-29(36(22-19-26-16-9-11-20-34-26)32(38)27-17-8-7-13-24(27)2)31-28(23-25-14-5-4-6-15-25)33(39)37-21-12-10-18-30(37)35-31/h4-8,10,12-15,17-18,21,26,29,34H,3,9,11,16,19-20,22-23H2,1-2H3. The molecule has 2 aromatic carbocycles. The Kier molecular flexibility index (Phi) is 8.52. The number of pyridine rings is 1. The number of carbonyl (C=O) groups excluding carboxylic acids is 1. The smallest absolute Gasteiger partial charge is 0.261 e. The largest absolute Gasteiger partial charge is 0.330 e. The Hall–Kier alpha value is -3.77. The fourth-order valence-corrected chi connectivity index (χ4v) is 5.78. The summed E-state index contributed by atoms with van der Waals surface area (Å²) in [6.07, 6.45) is 7.31. The van der Waals surface area contributed by atoms with Gasteiger partial charge in [-0.1, -0.05) is 67.9 Å². The van der Waals surface area contributed by atoms with E-state index in [0.717, 1.165) is 30.5 Å². The normalized spacial score (nSPS) is 16.2. The Labute approximate surface area is 230 Å². The second kappa shape index (κ2) is 12.4. The van der Waals surface area contributed by atoms with Gasteiger partial charge in [0, 0.05) is 36.3 Å². The van der Waals surface area contributed by atoms with Crippen LogP contribution < -0.4 is 10.9 Å². The topological polar surface area (TPSA) is 66.7 Å². The quantitative estimate of drug-likeness (QED) is 0.305. The van der Waals surface area contributed by atoms with E-state index in [4.69, 9.17) is 4.98 Å². The number of hydrogen-bond donors (Lipinski definition) is 1. The zero-order valence-electron chi connectivity index (χ0n) is 23.0. The third-order valence-electron chi connectivity index (χ3n) is 7.93. The Morgan fingerprint density at radius 1 is 1.05 bits per heavy atom. The molecule has 2 aromatic heterocycles. The van der Waals surface area contributed by atoms with Crippen molar-refractivity contribution in [2.24, 2.45) is 0 Å². The molecule has 1 amide bonds. The minimum absolute atomic E-state index is 0.00326. The van der Waals surface area contributed by atoms with Gasteiger partial charge in [-0.25, -0.2) is 4.98 Å². The van der Waals surface area contributed by atoms with Crippen molar-refractivity contribution in [1.82, 2.24) is 19.6 Å². The predicted octanol–water partition coefficient (Wildman–Crippen LogP) is 5.72. The van der Waals surface area contributed by atoms with Gasteiger partial charge in [0.1, 0.15) is 5.65 Å². The van der Waals surface area contributed by atoms with Crippen LogP contribution in [0.4, 0.5) is 0 Å². The molecule has 0 aliphatic carbocycles. The monoisotopic (exact) mass is 522 g/mol. The predicted molar refractivity (Wildman–Crippen MR) is 156 cm³/mol. The van der Waals surface area contributed by atoms with Crippen LogP contribution in [-0.2, 0) is 6.42 Å². The SMILES string of the molecule is CCC(c1nc2ccccn2c(=O)c1Cc1ccccc1)N(CCC1CCCCN1)C(=O)c1ccccc1C. The van der Waals surface area contributed by atoms with Crippen LogP contribution in [0.15, 0.2) is 83.8 Å². The van der Waals surface area contributed by atoms with Gasteiger partial charge >= 0.3 is 0 Å². The van der Waals surface area contributed by atoms with E-state index >= 15 is 0 Å². The minimum atomic E-state index is -0.322. The van der Waals surface area contributed by atoms with Gasteiger partial charge in [-0.3, -0.25) is 14.0 Å². The fourth-order valence-electron chi connectivity index (χ4n) is 5.78. The number of benzene rings is 2. The summed E-state index contributed by atoms with van der Waals surface area (Å²) in [6, 6.07) is 23.5. The number of hydrogen-bond acceptors (Lipinski definition) is 4. The van der Waals surface area contributed by atoms with Crippen molar-refractivity contribution in [2.75, 3.05) is 13.1 Å². The van der Waals surface area contributed by atoms with E-state index in [9.17, 15) is 9.59 Å². The lowest BCUT2D eigenvalue weighted by molar-refractivity contribution is 0.0652. The molecule has 0 spiro atoms. The third kappa shape index (κ3) is 5.96. The molecule has 3 heterocycles. The molecule has 5 rings (SSSR count). The lowest BCUT2D eigenvalue weighted by Crippen LogP contribution is -2.42. The number of carbonyl (C=O) groups is 1. The van der Waals surface area contributed by atoms with Crippen LogP contribution in [0.1, 0.15) is 77.8 Å². The second-order valence-corrected chi connectivity index (χ2v) is 10.5. The van der Waals surface area contributed by atoms with Gasteiger partial charge in [0.25, 0.3) is 11.5 Å². The lowest BCUT2D eigenvalue weighted by Gasteiger charge is -2.34. The second-order valence-electron chi connectivity index (χ2n) is 10.5. The van der Waals surface area contributed by atoms with E-state index in [1.54, 1.807) is 10.6 Å². The van der Waals surface area contributed by atoms with E-state index in [1.807, 2.05) is 84.6 Å². The molecule has 2 unspecified atom stereocenters. The average molecular weight is 523 g/mol. The molecule has 4 aromatic rings. The molecular formula is C33H38N4O2. The van der Waals surface area contributed by atoms with Crippen LogP contribution in [0.3, 0.4) is 0 Å². The van der Waals surface area contributed by atoms with Gasteiger partial charge in [0.05, 0.1) is 11.7 Å². The number of aromatic nitrogens is 2. The van der Waals surface area contributed by atoms with Gasteiger partial charge in [-0.2, -0.15) is 0 Å². The number of nitrogens with zero attached hydrogens (tertiary/aromatic N) is 3. The van der Waals surface area contributed by atoms with Gasteiger partial charge < -0.3 is 10.2 Å². The van der Waals surface area contributed by atoms with Crippen molar-refractivity contribution in [1.29, 1.82) is 0 Å². The molecule has 6 nitrogen and oxygen atoms in total. The van der Waals surface area contributed by atoms with Crippen LogP contribution in [-0.4, -0.2) is 39.3 Å². The maximum absolute atomic E-state index is 14.2. The summed E-state index contributed by atoms with van der Waals surface area (Å²) < 4.78 is 1.62. The zero-order valence-corrected chi connectivity index (χ0v) is 23.0. The molecule has 2 atom stereocenters. The number of amides is 1. The molecule has 1 saturated heterocycles. The molecule has 0 bridgehead atoms. The minimum Gasteiger partial charge on any atom is -0.330 e. The number of aryl methyl sites for hydroxylation is 1. The van der Waals surface area contributed by atoms with Crippen LogP contribution in [0.25, 0.3) is 5.65 Å². The first-order chi connectivity index (χ1) is 19.1. The van der Waals surface area contributed by atoms with Crippen LogP contribution in [0.2, 0.25) is 0 Å². The van der Waals surface area contributed by atoms with Crippen molar-refractivity contribution in [2.45, 2.75) is 64.5 Å². The molecule has 6 heteroatoms. The lowest BCUT2D eigenvalue weighted by atomic mass is 9.96. The maximum Gasteiger partial charge on any atom is 0.261 e. The van der Waals surface area contributed by atoms with Gasteiger partial charge in [0.2, 0.25) is 0 Å². The van der Waals surface area contributed by atoms with E-state index in [2.05, 4.69) is 12.2 Å². The van der Waals surface area contributed by atoms with Crippen LogP contribution >= 0.6 is 0 Å². The highest BCUT2D eigenvalue weighted by molar-refractivity contribution is 5.96. The summed E-state index contributed by atoms with van der Waals surface area (Å²) in [4.78, 5) is 35.2. The first kappa shape index (κ1) is 26.8. The summed E-state index contributed by atoms with van der Waals surface area (Å²) in [5.41, 5.74) is 4.58. The van der Waals surface area contributed by atoms with E-state index in [-0.39, 0.29) is 17.5 Å².